The van der Waals surface area contributed by atoms with Gasteiger partial charge in [0.25, 0.3) is 0 Å². The highest BCUT2D eigenvalue weighted by Crippen LogP contribution is 2.33. The van der Waals surface area contributed by atoms with Gasteiger partial charge in [-0.2, -0.15) is 0 Å². The number of carbonyl (C=O) groups is 1. The van der Waals surface area contributed by atoms with Crippen molar-refractivity contribution < 1.29 is 14.3 Å². The van der Waals surface area contributed by atoms with Gasteiger partial charge in [-0.15, -0.1) is 11.8 Å². The van der Waals surface area contributed by atoms with Crippen LogP contribution in [0.1, 0.15) is 18.1 Å². The Bertz CT molecular complexity index is 731. The molecule has 0 aliphatic heterocycles. The first-order valence-corrected chi connectivity index (χ1v) is 8.59. The predicted octanol–water partition coefficient (Wildman–Crippen LogP) is 4.44. The van der Waals surface area contributed by atoms with Gasteiger partial charge in [0, 0.05) is 10.6 Å². The van der Waals surface area contributed by atoms with Crippen LogP contribution in [0, 0.1) is 13.8 Å². The van der Waals surface area contributed by atoms with Gasteiger partial charge in [-0.1, -0.05) is 6.07 Å². The zero-order chi connectivity index (χ0) is 17.7. The fourth-order valence-electron chi connectivity index (χ4n) is 2.21. The van der Waals surface area contributed by atoms with Gasteiger partial charge < -0.3 is 14.8 Å². The number of rotatable bonds is 6. The van der Waals surface area contributed by atoms with Gasteiger partial charge in [0.1, 0.15) is 0 Å². The highest BCUT2D eigenvalue weighted by Gasteiger charge is 2.16. The van der Waals surface area contributed by atoms with Crippen LogP contribution in [-0.4, -0.2) is 25.4 Å². The van der Waals surface area contributed by atoms with E-state index in [1.54, 1.807) is 14.2 Å². The average Bonchev–Trinajstić information content (AvgIpc) is 2.57. The van der Waals surface area contributed by atoms with Gasteiger partial charge in [-0.25, -0.2) is 0 Å². The molecule has 0 heterocycles. The Labute approximate surface area is 147 Å². The quantitative estimate of drug-likeness (QED) is 0.786. The number of carbonyl (C=O) groups excluding carboxylic acids is 1. The molecule has 0 saturated carbocycles. The first kappa shape index (κ1) is 18.2. The van der Waals surface area contributed by atoms with Crippen molar-refractivity contribution in [2.45, 2.75) is 30.9 Å². The van der Waals surface area contributed by atoms with Crippen molar-refractivity contribution in [3.05, 3.63) is 47.5 Å². The smallest absolute Gasteiger partial charge is 0.237 e. The van der Waals surface area contributed by atoms with Crippen LogP contribution >= 0.6 is 11.8 Å². The predicted molar refractivity (Wildman–Crippen MR) is 99.4 cm³/mol. The third kappa shape index (κ3) is 4.45. The Morgan fingerprint density at radius 2 is 1.71 bits per heavy atom. The zero-order valence-corrected chi connectivity index (χ0v) is 15.5. The maximum atomic E-state index is 12.4. The van der Waals surface area contributed by atoms with Crippen molar-refractivity contribution in [3.8, 4) is 11.5 Å². The minimum atomic E-state index is -0.232. The van der Waals surface area contributed by atoms with Gasteiger partial charge >= 0.3 is 0 Å². The molecular formula is C19H23NO3S. The van der Waals surface area contributed by atoms with Crippen LogP contribution in [0.4, 0.5) is 5.69 Å². The topological polar surface area (TPSA) is 47.6 Å². The monoisotopic (exact) mass is 345 g/mol. The van der Waals surface area contributed by atoms with Crippen molar-refractivity contribution in [2.75, 3.05) is 19.5 Å². The van der Waals surface area contributed by atoms with Crippen LogP contribution in [0.25, 0.3) is 0 Å². The summed E-state index contributed by atoms with van der Waals surface area (Å²) in [6.45, 7) is 5.97. The summed E-state index contributed by atoms with van der Waals surface area (Å²) >= 11 is 1.48. The Hall–Kier alpha value is -2.14. The lowest BCUT2D eigenvalue weighted by molar-refractivity contribution is -0.115. The minimum Gasteiger partial charge on any atom is -0.493 e. The summed E-state index contributed by atoms with van der Waals surface area (Å²) in [6, 6.07) is 11.6. The third-order valence-electron chi connectivity index (χ3n) is 3.81. The number of hydrogen-bond acceptors (Lipinski definition) is 4. The number of hydrogen-bond donors (Lipinski definition) is 1. The summed E-state index contributed by atoms with van der Waals surface area (Å²) < 4.78 is 10.5. The van der Waals surface area contributed by atoms with E-state index >= 15 is 0 Å². The second-order valence-electron chi connectivity index (χ2n) is 5.57. The molecule has 0 spiro atoms. The van der Waals surface area contributed by atoms with E-state index in [9.17, 15) is 4.79 Å². The SMILES string of the molecule is COc1ccc(SC(C)C(=O)Nc2ccc(C)c(C)c2)cc1OC. The molecule has 5 heteroatoms. The lowest BCUT2D eigenvalue weighted by atomic mass is 10.1. The molecule has 0 aliphatic carbocycles. The van der Waals surface area contributed by atoms with E-state index in [4.69, 9.17) is 9.47 Å². The van der Waals surface area contributed by atoms with Gasteiger partial charge in [0.15, 0.2) is 11.5 Å². The van der Waals surface area contributed by atoms with Gasteiger partial charge in [0.2, 0.25) is 5.91 Å². The Kier molecular flexibility index (Phi) is 6.15. The molecule has 128 valence electrons. The molecule has 0 saturated heterocycles. The summed E-state index contributed by atoms with van der Waals surface area (Å²) in [5.74, 6) is 1.30. The van der Waals surface area contributed by atoms with E-state index in [-0.39, 0.29) is 11.2 Å². The Morgan fingerprint density at radius 1 is 1.00 bits per heavy atom. The normalized spacial score (nSPS) is 11.7. The number of ether oxygens (including phenoxy) is 2. The number of thioether (sulfide) groups is 1. The number of methoxy groups -OCH3 is 2. The molecular weight excluding hydrogens is 322 g/mol. The van der Waals surface area contributed by atoms with E-state index in [0.29, 0.717) is 11.5 Å². The summed E-state index contributed by atoms with van der Waals surface area (Å²) in [7, 11) is 3.20. The number of benzene rings is 2. The maximum Gasteiger partial charge on any atom is 0.237 e. The zero-order valence-electron chi connectivity index (χ0n) is 14.7. The summed E-state index contributed by atoms with van der Waals surface area (Å²) in [5, 5.41) is 2.73. The molecule has 0 aliphatic rings. The fraction of sp³-hybridized carbons (Fsp3) is 0.316. The molecule has 2 aromatic rings. The molecule has 1 atom stereocenters. The van der Waals surface area contributed by atoms with Gasteiger partial charge in [0.05, 0.1) is 19.5 Å². The van der Waals surface area contributed by atoms with Crippen LogP contribution in [0.5, 0.6) is 11.5 Å². The van der Waals surface area contributed by atoms with Crippen LogP contribution in [-0.2, 0) is 4.79 Å². The van der Waals surface area contributed by atoms with E-state index in [0.717, 1.165) is 16.1 Å². The molecule has 2 aromatic carbocycles. The maximum absolute atomic E-state index is 12.4. The van der Waals surface area contributed by atoms with Gasteiger partial charge in [-0.05, 0) is 62.2 Å². The number of nitrogens with one attached hydrogen (secondary N) is 1. The average molecular weight is 345 g/mol. The van der Waals surface area contributed by atoms with Crippen LogP contribution in [0.2, 0.25) is 0 Å². The van der Waals surface area contributed by atoms with Crippen LogP contribution in [0.3, 0.4) is 0 Å². The lowest BCUT2D eigenvalue weighted by Crippen LogP contribution is -2.22. The van der Waals surface area contributed by atoms with Crippen LogP contribution in [0.15, 0.2) is 41.3 Å². The largest absolute Gasteiger partial charge is 0.493 e. The van der Waals surface area contributed by atoms with E-state index in [2.05, 4.69) is 12.2 Å². The molecule has 0 aromatic heterocycles. The molecule has 24 heavy (non-hydrogen) atoms. The molecule has 1 N–H and O–H groups in total. The van der Waals surface area contributed by atoms with Crippen molar-refractivity contribution >= 4 is 23.4 Å². The van der Waals surface area contributed by atoms with Crippen molar-refractivity contribution in [1.29, 1.82) is 0 Å². The van der Waals surface area contributed by atoms with Crippen LogP contribution < -0.4 is 14.8 Å². The number of aryl methyl sites for hydroxylation is 2. The number of amides is 1. The molecule has 4 nitrogen and oxygen atoms in total. The lowest BCUT2D eigenvalue weighted by Gasteiger charge is -2.14. The molecule has 1 amide bonds. The minimum absolute atomic E-state index is 0.0296. The number of anilines is 1. The van der Waals surface area contributed by atoms with E-state index in [1.165, 1.54) is 17.3 Å². The highest BCUT2D eigenvalue weighted by atomic mass is 32.2. The Morgan fingerprint density at radius 3 is 2.33 bits per heavy atom. The highest BCUT2D eigenvalue weighted by molar-refractivity contribution is 8.00. The van der Waals surface area contributed by atoms with Crippen molar-refractivity contribution in [1.82, 2.24) is 0 Å². The molecule has 0 bridgehead atoms. The summed E-state index contributed by atoms with van der Waals surface area (Å²) in [5.41, 5.74) is 3.19. The standard InChI is InChI=1S/C19H23NO3S/c1-12-6-7-15(10-13(12)2)20-19(21)14(3)24-16-8-9-17(22-4)18(11-16)23-5/h6-11,14H,1-5H3,(H,20,21). The second kappa shape index (κ2) is 8.11. The first-order valence-electron chi connectivity index (χ1n) is 7.71. The van der Waals surface area contributed by atoms with E-state index in [1.807, 2.05) is 50.2 Å². The molecule has 1 unspecified atom stereocenters. The molecule has 0 radical (unpaired) electrons. The summed E-state index contributed by atoms with van der Waals surface area (Å²) in [6.07, 6.45) is 0. The van der Waals surface area contributed by atoms with Crippen molar-refractivity contribution in [3.63, 3.8) is 0 Å². The third-order valence-corrected chi connectivity index (χ3v) is 4.91. The van der Waals surface area contributed by atoms with E-state index < -0.39 is 0 Å². The fourth-order valence-corrected chi connectivity index (χ4v) is 3.11. The first-order chi connectivity index (χ1) is 11.4. The Balaban J connectivity index is 2.04. The van der Waals surface area contributed by atoms with Crippen molar-refractivity contribution in [2.24, 2.45) is 0 Å². The van der Waals surface area contributed by atoms with Gasteiger partial charge in [-0.3, -0.25) is 4.79 Å². The second-order valence-corrected chi connectivity index (χ2v) is 6.98. The molecule has 0 fully saturated rings. The summed E-state index contributed by atoms with van der Waals surface area (Å²) in [4.78, 5) is 13.4. The molecule has 2 rings (SSSR count).